The highest BCUT2D eigenvalue weighted by Crippen LogP contribution is 2.44. The first-order chi connectivity index (χ1) is 16.9. The molecule has 0 spiro atoms. The van der Waals surface area contributed by atoms with Gasteiger partial charge in [-0.3, -0.25) is 9.59 Å². The maximum Gasteiger partial charge on any atom is 0.407 e. The molecule has 0 aliphatic heterocycles. The Bertz CT molecular complexity index is 1030. The molecule has 1 fully saturated rings. The third-order valence-corrected chi connectivity index (χ3v) is 7.30. The van der Waals surface area contributed by atoms with Crippen molar-refractivity contribution in [3.05, 3.63) is 59.7 Å². The van der Waals surface area contributed by atoms with Crippen molar-refractivity contribution in [2.45, 2.75) is 63.8 Å². The Kier molecular flexibility index (Phi) is 7.73. The molecule has 1 atom stereocenters. The van der Waals surface area contributed by atoms with Gasteiger partial charge in [0.1, 0.15) is 6.61 Å². The second-order valence-corrected chi connectivity index (χ2v) is 9.98. The van der Waals surface area contributed by atoms with Crippen molar-refractivity contribution in [2.75, 3.05) is 13.2 Å². The number of carbonyl (C=O) groups is 3. The number of fused-ring (bicyclic) bond motifs is 3. The molecule has 2 aliphatic carbocycles. The zero-order chi connectivity index (χ0) is 24.8. The first kappa shape index (κ1) is 24.8. The molecule has 0 unspecified atom stereocenters. The first-order valence-electron chi connectivity index (χ1n) is 12.5. The lowest BCUT2D eigenvalue weighted by Crippen LogP contribution is -2.43. The molecule has 2 amide bonds. The van der Waals surface area contributed by atoms with Crippen molar-refractivity contribution in [1.82, 2.24) is 10.6 Å². The van der Waals surface area contributed by atoms with Crippen LogP contribution in [-0.4, -0.2) is 42.3 Å². The van der Waals surface area contributed by atoms with Crippen molar-refractivity contribution in [3.63, 3.8) is 0 Å². The van der Waals surface area contributed by atoms with Crippen LogP contribution in [0, 0.1) is 5.41 Å². The molecule has 2 aromatic rings. The Balaban J connectivity index is 1.25. The summed E-state index contributed by atoms with van der Waals surface area (Å²) >= 11 is 0. The summed E-state index contributed by atoms with van der Waals surface area (Å²) in [7, 11) is 0. The van der Waals surface area contributed by atoms with Crippen LogP contribution in [0.25, 0.3) is 11.1 Å². The molecule has 0 bridgehead atoms. The summed E-state index contributed by atoms with van der Waals surface area (Å²) in [6, 6.07) is 15.9. The standard InChI is InChI=1S/C28H34N2O5/c1-19(15-25(31)29-18-28(16-26(32)33)13-7-2-8-14-28)30-27(34)35-17-24-22-11-5-3-9-20(22)21-10-4-6-12-23(21)24/h3-6,9-12,19,24H,2,7-8,13-18H2,1H3,(H,29,31)(H,30,34)(H,32,33)/t19-/m1/s1. The summed E-state index contributed by atoms with van der Waals surface area (Å²) in [4.78, 5) is 36.3. The average molecular weight is 479 g/mol. The maximum absolute atomic E-state index is 12.5. The van der Waals surface area contributed by atoms with E-state index in [2.05, 4.69) is 34.9 Å². The van der Waals surface area contributed by atoms with Crippen molar-refractivity contribution >= 4 is 18.0 Å². The van der Waals surface area contributed by atoms with E-state index >= 15 is 0 Å². The number of carbonyl (C=O) groups excluding carboxylic acids is 2. The van der Waals surface area contributed by atoms with Gasteiger partial charge < -0.3 is 20.5 Å². The molecular formula is C28H34N2O5. The van der Waals surface area contributed by atoms with Crippen molar-refractivity contribution in [1.29, 1.82) is 0 Å². The normalized spacial score (nSPS) is 17.1. The monoisotopic (exact) mass is 478 g/mol. The minimum atomic E-state index is -0.827. The quantitative estimate of drug-likeness (QED) is 0.478. The largest absolute Gasteiger partial charge is 0.481 e. The van der Waals surface area contributed by atoms with Crippen LogP contribution in [0.3, 0.4) is 0 Å². The van der Waals surface area contributed by atoms with E-state index in [1.807, 2.05) is 24.3 Å². The first-order valence-corrected chi connectivity index (χ1v) is 12.5. The van der Waals surface area contributed by atoms with E-state index in [0.29, 0.717) is 6.54 Å². The number of carboxylic acids is 1. The summed E-state index contributed by atoms with van der Waals surface area (Å²) in [5.74, 6) is -1.05. The van der Waals surface area contributed by atoms with Gasteiger partial charge in [-0.05, 0) is 47.4 Å². The van der Waals surface area contributed by atoms with E-state index in [1.165, 1.54) is 11.1 Å². The van der Waals surface area contributed by atoms with Gasteiger partial charge in [0.05, 0.1) is 6.42 Å². The van der Waals surface area contributed by atoms with Crippen molar-refractivity contribution in [3.8, 4) is 11.1 Å². The number of ether oxygens (including phenoxy) is 1. The lowest BCUT2D eigenvalue weighted by atomic mass is 9.71. The third-order valence-electron chi connectivity index (χ3n) is 7.30. The Morgan fingerprint density at radius 2 is 1.60 bits per heavy atom. The predicted molar refractivity (Wildman–Crippen MR) is 133 cm³/mol. The van der Waals surface area contributed by atoms with Gasteiger partial charge in [-0.1, -0.05) is 67.8 Å². The van der Waals surface area contributed by atoms with E-state index in [4.69, 9.17) is 4.74 Å². The average Bonchev–Trinajstić information content (AvgIpc) is 3.15. The molecule has 0 radical (unpaired) electrons. The van der Waals surface area contributed by atoms with Crippen LogP contribution >= 0.6 is 0 Å². The van der Waals surface area contributed by atoms with Gasteiger partial charge in [-0.2, -0.15) is 0 Å². The molecule has 1 saturated carbocycles. The highest BCUT2D eigenvalue weighted by molar-refractivity contribution is 5.79. The van der Waals surface area contributed by atoms with Crippen LogP contribution in [0.5, 0.6) is 0 Å². The lowest BCUT2D eigenvalue weighted by molar-refractivity contribution is -0.140. The van der Waals surface area contributed by atoms with Crippen LogP contribution < -0.4 is 10.6 Å². The highest BCUT2D eigenvalue weighted by Gasteiger charge is 2.35. The van der Waals surface area contributed by atoms with Crippen molar-refractivity contribution in [2.24, 2.45) is 5.41 Å². The van der Waals surface area contributed by atoms with E-state index in [-0.39, 0.29) is 36.7 Å². The summed E-state index contributed by atoms with van der Waals surface area (Å²) < 4.78 is 5.56. The van der Waals surface area contributed by atoms with Gasteiger partial charge in [-0.25, -0.2) is 4.79 Å². The van der Waals surface area contributed by atoms with Gasteiger partial charge in [-0.15, -0.1) is 0 Å². The minimum absolute atomic E-state index is 0.0207. The van der Waals surface area contributed by atoms with Crippen LogP contribution in [-0.2, 0) is 14.3 Å². The Morgan fingerprint density at radius 3 is 2.20 bits per heavy atom. The fourth-order valence-corrected chi connectivity index (χ4v) is 5.57. The van der Waals surface area contributed by atoms with Crippen molar-refractivity contribution < 1.29 is 24.2 Å². The number of aliphatic carboxylic acids is 1. The summed E-state index contributed by atoms with van der Waals surface area (Å²) in [5.41, 5.74) is 4.25. The van der Waals surface area contributed by atoms with Crippen LogP contribution in [0.15, 0.2) is 48.5 Å². The molecule has 2 aliphatic rings. The molecule has 0 aromatic heterocycles. The predicted octanol–water partition coefficient (Wildman–Crippen LogP) is 4.85. The number of benzene rings is 2. The van der Waals surface area contributed by atoms with Crippen LogP contribution in [0.1, 0.15) is 68.9 Å². The number of rotatable bonds is 9. The van der Waals surface area contributed by atoms with Gasteiger partial charge in [0.2, 0.25) is 5.91 Å². The smallest absolute Gasteiger partial charge is 0.407 e. The second-order valence-electron chi connectivity index (χ2n) is 9.98. The molecule has 2 aromatic carbocycles. The van der Waals surface area contributed by atoms with E-state index in [9.17, 15) is 19.5 Å². The number of hydrogen-bond donors (Lipinski definition) is 3. The van der Waals surface area contributed by atoms with Crippen LogP contribution in [0.4, 0.5) is 4.79 Å². The number of carboxylic acid groups (broad SMARTS) is 1. The SMILES string of the molecule is C[C@H](CC(=O)NCC1(CC(=O)O)CCCCC1)NC(=O)OCC1c2ccccc2-c2ccccc21. The van der Waals surface area contributed by atoms with Gasteiger partial charge in [0.15, 0.2) is 0 Å². The molecule has 35 heavy (non-hydrogen) atoms. The van der Waals surface area contributed by atoms with Gasteiger partial charge >= 0.3 is 12.1 Å². The summed E-state index contributed by atoms with van der Waals surface area (Å²) in [6.45, 7) is 2.33. The minimum Gasteiger partial charge on any atom is -0.481 e. The number of nitrogens with one attached hydrogen (secondary N) is 2. The highest BCUT2D eigenvalue weighted by atomic mass is 16.5. The Labute approximate surface area is 206 Å². The Morgan fingerprint density at radius 1 is 1.00 bits per heavy atom. The molecule has 7 nitrogen and oxygen atoms in total. The number of alkyl carbamates (subject to hydrolysis) is 1. The molecule has 0 saturated heterocycles. The summed E-state index contributed by atoms with van der Waals surface area (Å²) in [5, 5.41) is 15.0. The molecular weight excluding hydrogens is 444 g/mol. The molecule has 186 valence electrons. The molecule has 4 rings (SSSR count). The van der Waals surface area contributed by atoms with E-state index in [1.54, 1.807) is 6.92 Å². The van der Waals surface area contributed by atoms with Gasteiger partial charge in [0.25, 0.3) is 0 Å². The molecule has 7 heteroatoms. The van der Waals surface area contributed by atoms with E-state index < -0.39 is 18.1 Å². The zero-order valence-corrected chi connectivity index (χ0v) is 20.2. The fraction of sp³-hybridized carbons (Fsp3) is 0.464. The van der Waals surface area contributed by atoms with Crippen LogP contribution in [0.2, 0.25) is 0 Å². The number of hydrogen-bond acceptors (Lipinski definition) is 4. The molecule has 3 N–H and O–H groups in total. The topological polar surface area (TPSA) is 105 Å². The zero-order valence-electron chi connectivity index (χ0n) is 20.2. The maximum atomic E-state index is 12.5. The van der Waals surface area contributed by atoms with Gasteiger partial charge in [0, 0.05) is 24.9 Å². The summed E-state index contributed by atoms with van der Waals surface area (Å²) in [6.07, 6.45) is 4.33. The molecule has 0 heterocycles. The van der Waals surface area contributed by atoms with E-state index in [0.717, 1.165) is 43.2 Å². The Hall–Kier alpha value is -3.35. The third kappa shape index (κ3) is 6.02. The second kappa shape index (κ2) is 10.9. The fourth-order valence-electron chi connectivity index (χ4n) is 5.57. The number of amides is 2. The lowest BCUT2D eigenvalue weighted by Gasteiger charge is -2.36.